The highest BCUT2D eigenvalue weighted by Crippen LogP contribution is 2.52. The van der Waals surface area contributed by atoms with E-state index in [4.69, 9.17) is 9.47 Å². The summed E-state index contributed by atoms with van der Waals surface area (Å²) in [5.41, 5.74) is -3.51. The Morgan fingerprint density at radius 2 is 1.62 bits per heavy atom. The standard InChI is InChI=1S/C26H25FO10/c1-9-19(29)24(34)18(27)25(36-9)37-14-8-26(35,10(2)28)7-13-15(14)23(33)17-16(22(13)32)20(30)11-5-3-4-6-12(11)21(17)31/h3-6,9,14,18-19,24-25,29,32-35H,7-8H2,1-2H3/t9?,14?,18?,19?,24?,25?,26-/m0/s1. The number of carbonyl (C=O) groups excluding carboxylic acids is 3. The zero-order chi connectivity index (χ0) is 27.0. The molecule has 11 heteroatoms. The molecule has 7 atom stereocenters. The summed E-state index contributed by atoms with van der Waals surface area (Å²) in [5.74, 6) is -3.63. The fourth-order valence-electron chi connectivity index (χ4n) is 5.33. The van der Waals surface area contributed by atoms with E-state index in [2.05, 4.69) is 0 Å². The zero-order valence-electron chi connectivity index (χ0n) is 19.8. The molecular formula is C26H25FO10. The lowest BCUT2D eigenvalue weighted by molar-refractivity contribution is -0.294. The molecule has 2 aliphatic carbocycles. The van der Waals surface area contributed by atoms with Crippen LogP contribution in [-0.4, -0.2) is 79.3 Å². The molecule has 1 fully saturated rings. The third-order valence-corrected chi connectivity index (χ3v) is 7.49. The number of fused-ring (bicyclic) bond motifs is 3. The molecule has 2 aromatic rings. The lowest BCUT2D eigenvalue weighted by Crippen LogP contribution is -2.56. The number of hydrogen-bond acceptors (Lipinski definition) is 10. The fourth-order valence-corrected chi connectivity index (χ4v) is 5.33. The summed E-state index contributed by atoms with van der Waals surface area (Å²) in [6, 6.07) is 5.86. The van der Waals surface area contributed by atoms with Gasteiger partial charge in [0.15, 0.2) is 29.8 Å². The first-order valence-corrected chi connectivity index (χ1v) is 11.7. The number of carbonyl (C=O) groups is 3. The van der Waals surface area contributed by atoms with Crippen molar-refractivity contribution in [2.45, 2.75) is 69.2 Å². The van der Waals surface area contributed by atoms with Crippen LogP contribution in [0, 0.1) is 0 Å². The van der Waals surface area contributed by atoms with Gasteiger partial charge >= 0.3 is 0 Å². The van der Waals surface area contributed by atoms with E-state index in [0.29, 0.717) is 0 Å². The number of benzene rings is 2. The molecule has 6 unspecified atom stereocenters. The lowest BCUT2D eigenvalue weighted by atomic mass is 9.72. The number of Topliss-reactive ketones (excluding diaryl/α,β-unsaturated/α-hetero) is 1. The van der Waals surface area contributed by atoms with Gasteiger partial charge in [-0.25, -0.2) is 4.39 Å². The number of hydrogen-bond donors (Lipinski definition) is 5. The summed E-state index contributed by atoms with van der Waals surface area (Å²) in [5, 5.41) is 53.5. The average molecular weight is 516 g/mol. The van der Waals surface area contributed by atoms with E-state index in [-0.39, 0.29) is 22.3 Å². The van der Waals surface area contributed by atoms with E-state index in [1.807, 2.05) is 0 Å². The maximum Gasteiger partial charge on any atom is 0.198 e. The van der Waals surface area contributed by atoms with Crippen LogP contribution in [0.4, 0.5) is 4.39 Å². The maximum atomic E-state index is 14.9. The molecule has 0 spiro atoms. The molecule has 5 rings (SSSR count). The Hall–Kier alpha value is -3.22. The summed E-state index contributed by atoms with van der Waals surface area (Å²) in [6.45, 7) is 2.47. The van der Waals surface area contributed by atoms with Gasteiger partial charge in [0.25, 0.3) is 0 Å². The monoisotopic (exact) mass is 516 g/mol. The number of ether oxygens (including phenoxy) is 2. The number of alkyl halides is 1. The summed E-state index contributed by atoms with van der Waals surface area (Å²) >= 11 is 0. The Labute approximate surface area is 209 Å². The summed E-state index contributed by atoms with van der Waals surface area (Å²) in [7, 11) is 0. The van der Waals surface area contributed by atoms with Crippen LogP contribution in [0.3, 0.4) is 0 Å². The van der Waals surface area contributed by atoms with Crippen LogP contribution < -0.4 is 0 Å². The molecule has 1 heterocycles. The molecule has 0 amide bonds. The lowest BCUT2D eigenvalue weighted by Gasteiger charge is -2.42. The normalized spacial score (nSPS) is 32.9. The predicted octanol–water partition coefficient (Wildman–Crippen LogP) is 1.00. The molecule has 1 aliphatic heterocycles. The van der Waals surface area contributed by atoms with Crippen LogP contribution >= 0.6 is 0 Å². The number of aliphatic hydroxyl groups excluding tert-OH is 2. The Bertz CT molecular complexity index is 1340. The van der Waals surface area contributed by atoms with Crippen molar-refractivity contribution in [2.75, 3.05) is 0 Å². The molecule has 0 bridgehead atoms. The summed E-state index contributed by atoms with van der Waals surface area (Å²) in [6.07, 6.45) is -11.0. The molecule has 0 saturated carbocycles. The van der Waals surface area contributed by atoms with Gasteiger partial charge in [-0.15, -0.1) is 0 Å². The van der Waals surface area contributed by atoms with Crippen LogP contribution in [0.5, 0.6) is 11.5 Å². The highest BCUT2D eigenvalue weighted by atomic mass is 19.1. The molecule has 1 saturated heterocycles. The van der Waals surface area contributed by atoms with Crippen molar-refractivity contribution in [3.05, 3.63) is 57.6 Å². The van der Waals surface area contributed by atoms with Gasteiger partial charge in [-0.1, -0.05) is 24.3 Å². The smallest absolute Gasteiger partial charge is 0.198 e. The largest absolute Gasteiger partial charge is 0.507 e. The van der Waals surface area contributed by atoms with Crippen LogP contribution in [0.25, 0.3) is 0 Å². The third-order valence-electron chi connectivity index (χ3n) is 7.49. The summed E-state index contributed by atoms with van der Waals surface area (Å²) in [4.78, 5) is 38.9. The predicted molar refractivity (Wildman–Crippen MR) is 122 cm³/mol. The van der Waals surface area contributed by atoms with Crippen molar-refractivity contribution in [1.29, 1.82) is 0 Å². The number of ketones is 3. The molecule has 10 nitrogen and oxygen atoms in total. The van der Waals surface area contributed by atoms with Gasteiger partial charge < -0.3 is 35.0 Å². The second-order valence-corrected chi connectivity index (χ2v) is 9.77. The van der Waals surface area contributed by atoms with Crippen molar-refractivity contribution in [3.63, 3.8) is 0 Å². The highest BCUT2D eigenvalue weighted by molar-refractivity contribution is 6.30. The second-order valence-electron chi connectivity index (χ2n) is 9.77. The topological polar surface area (TPSA) is 171 Å². The Morgan fingerprint density at radius 1 is 1.05 bits per heavy atom. The van der Waals surface area contributed by atoms with Gasteiger partial charge in [0.1, 0.15) is 29.3 Å². The minimum atomic E-state index is -2.24. The van der Waals surface area contributed by atoms with E-state index in [0.717, 1.165) is 6.92 Å². The summed E-state index contributed by atoms with van der Waals surface area (Å²) < 4.78 is 26.0. The first-order chi connectivity index (χ1) is 17.4. The molecule has 0 radical (unpaired) electrons. The maximum absolute atomic E-state index is 14.9. The quantitative estimate of drug-likeness (QED) is 0.316. The average Bonchev–Trinajstić information content (AvgIpc) is 2.86. The number of phenols is 2. The molecule has 0 aromatic heterocycles. The minimum Gasteiger partial charge on any atom is -0.507 e. The van der Waals surface area contributed by atoms with Crippen molar-refractivity contribution in [2.24, 2.45) is 0 Å². The molecule has 2 aromatic carbocycles. The van der Waals surface area contributed by atoms with Crippen molar-refractivity contribution >= 4 is 17.3 Å². The van der Waals surface area contributed by atoms with Crippen molar-refractivity contribution < 1.29 is 53.8 Å². The van der Waals surface area contributed by atoms with E-state index in [9.17, 15) is 44.3 Å². The Morgan fingerprint density at radius 3 is 2.19 bits per heavy atom. The van der Waals surface area contributed by atoms with Gasteiger partial charge in [-0.2, -0.15) is 0 Å². The van der Waals surface area contributed by atoms with Crippen LogP contribution in [0.15, 0.2) is 24.3 Å². The van der Waals surface area contributed by atoms with Gasteiger partial charge in [0.05, 0.1) is 23.3 Å². The Balaban J connectivity index is 1.68. The second kappa shape index (κ2) is 8.67. The number of rotatable bonds is 3. The van der Waals surface area contributed by atoms with Crippen molar-refractivity contribution in [1.82, 2.24) is 0 Å². The van der Waals surface area contributed by atoms with Gasteiger partial charge in [-0.3, -0.25) is 14.4 Å². The molecular weight excluding hydrogens is 491 g/mol. The SMILES string of the molecule is CC(=O)[C@]1(O)Cc2c(O)c3c(c(O)c2C(OC2OC(C)C(O)C(O)C2F)C1)C(=O)c1ccccc1C3=O. The van der Waals surface area contributed by atoms with E-state index < -0.39 is 95.3 Å². The van der Waals surface area contributed by atoms with E-state index in [1.54, 1.807) is 0 Å². The number of phenolic OH excluding ortho intramolecular Hbond substituents is 2. The fraction of sp³-hybridized carbons (Fsp3) is 0.423. The Kier molecular flexibility index (Phi) is 5.96. The molecule has 5 N–H and O–H groups in total. The minimum absolute atomic E-state index is 0.00791. The van der Waals surface area contributed by atoms with Crippen LogP contribution in [0.2, 0.25) is 0 Å². The molecule has 3 aliphatic rings. The van der Waals surface area contributed by atoms with Gasteiger partial charge in [0, 0.05) is 35.1 Å². The van der Waals surface area contributed by atoms with E-state index >= 15 is 0 Å². The molecule has 196 valence electrons. The van der Waals surface area contributed by atoms with Crippen molar-refractivity contribution in [3.8, 4) is 11.5 Å². The highest BCUT2D eigenvalue weighted by Gasteiger charge is 2.51. The number of aromatic hydroxyl groups is 2. The van der Waals surface area contributed by atoms with Gasteiger partial charge in [0.2, 0.25) is 0 Å². The first kappa shape index (κ1) is 25.4. The third kappa shape index (κ3) is 3.69. The van der Waals surface area contributed by atoms with Crippen LogP contribution in [-0.2, 0) is 20.7 Å². The number of aliphatic hydroxyl groups is 3. The van der Waals surface area contributed by atoms with Crippen LogP contribution in [0.1, 0.15) is 69.3 Å². The van der Waals surface area contributed by atoms with Gasteiger partial charge in [-0.05, 0) is 13.8 Å². The number of halogens is 1. The molecule has 37 heavy (non-hydrogen) atoms. The van der Waals surface area contributed by atoms with E-state index in [1.165, 1.54) is 31.2 Å². The zero-order valence-corrected chi connectivity index (χ0v) is 19.8. The first-order valence-electron chi connectivity index (χ1n) is 11.7.